The quantitative estimate of drug-likeness (QED) is 0.484. The van der Waals surface area contributed by atoms with Crippen LogP contribution in [0.1, 0.15) is 12.5 Å². The van der Waals surface area contributed by atoms with Crippen molar-refractivity contribution in [2.24, 2.45) is 0 Å². The second-order valence-electron chi connectivity index (χ2n) is 2.66. The van der Waals surface area contributed by atoms with Gasteiger partial charge in [-0.05, 0) is 24.1 Å². The molecule has 1 aromatic carbocycles. The fourth-order valence-corrected chi connectivity index (χ4v) is 0.997. The minimum absolute atomic E-state index is 0. The zero-order valence-electron chi connectivity index (χ0n) is 8.45. The van der Waals surface area contributed by atoms with Crippen molar-refractivity contribution in [3.8, 4) is 5.75 Å². The summed E-state index contributed by atoms with van der Waals surface area (Å²) >= 11 is 0. The van der Waals surface area contributed by atoms with Gasteiger partial charge < -0.3 is 14.6 Å². The van der Waals surface area contributed by atoms with Crippen molar-refractivity contribution < 1.29 is 33.5 Å². The average Bonchev–Trinajstić information content (AvgIpc) is 2.15. The molecule has 3 nitrogen and oxygen atoms in total. The first-order valence-corrected chi connectivity index (χ1v) is 4.14. The topological polar surface area (TPSA) is 49.4 Å². The normalized spacial score (nSPS) is 8.93. The van der Waals surface area contributed by atoms with Crippen molar-refractivity contribution in [3.05, 3.63) is 29.8 Å². The summed E-state index contributed by atoms with van der Waals surface area (Å²) in [5.41, 5.74) is 1.12. The van der Waals surface area contributed by atoms with E-state index < -0.39 is 12.6 Å². The summed E-state index contributed by atoms with van der Waals surface area (Å²) in [4.78, 5) is 10.1. The molecule has 0 aromatic heterocycles. The van der Waals surface area contributed by atoms with Gasteiger partial charge in [-0.1, -0.05) is 19.1 Å². The summed E-state index contributed by atoms with van der Waals surface area (Å²) in [6.07, 6.45) is 0.905. The fraction of sp³-hybridized carbons (Fsp3) is 0.300. The first-order chi connectivity index (χ1) is 6.22. The van der Waals surface area contributed by atoms with Gasteiger partial charge in [0.2, 0.25) is 0 Å². The number of carbonyl (C=O) groups is 1. The molecule has 14 heavy (non-hydrogen) atoms. The molecule has 0 atom stereocenters. The standard InChI is InChI=1S/C10H12O3.Li/c1-2-8-4-3-5-9(6-8)13-7-10(11)12;/h3-6H,2,7H2,1H3,(H,11,12);/q;+1/p-1. The van der Waals surface area contributed by atoms with Crippen LogP contribution >= 0.6 is 0 Å². The largest absolute Gasteiger partial charge is 1.00 e. The molecule has 0 heterocycles. The van der Waals surface area contributed by atoms with E-state index in [0.29, 0.717) is 5.75 Å². The number of carboxylic acids is 1. The molecular weight excluding hydrogens is 175 g/mol. The number of aliphatic carboxylic acids is 1. The molecule has 0 radical (unpaired) electrons. The van der Waals surface area contributed by atoms with Crippen LogP contribution in [0.15, 0.2) is 24.3 Å². The van der Waals surface area contributed by atoms with Crippen LogP contribution in [-0.2, 0) is 11.2 Å². The van der Waals surface area contributed by atoms with Crippen molar-refractivity contribution >= 4 is 5.97 Å². The predicted molar refractivity (Wildman–Crippen MR) is 46.3 cm³/mol. The van der Waals surface area contributed by atoms with Gasteiger partial charge in [0.15, 0.2) is 0 Å². The molecule has 0 saturated heterocycles. The maximum Gasteiger partial charge on any atom is 1.00 e. The maximum atomic E-state index is 10.1. The molecule has 0 fully saturated rings. The number of hydrogen-bond acceptors (Lipinski definition) is 3. The van der Waals surface area contributed by atoms with Crippen LogP contribution in [0.25, 0.3) is 0 Å². The van der Waals surface area contributed by atoms with Gasteiger partial charge >= 0.3 is 18.9 Å². The molecule has 0 bridgehead atoms. The summed E-state index contributed by atoms with van der Waals surface area (Å²) in [5, 5.41) is 10.1. The van der Waals surface area contributed by atoms with Crippen molar-refractivity contribution in [3.63, 3.8) is 0 Å². The first-order valence-electron chi connectivity index (χ1n) is 4.14. The Morgan fingerprint density at radius 1 is 1.50 bits per heavy atom. The van der Waals surface area contributed by atoms with Crippen LogP contribution in [0.3, 0.4) is 0 Å². The third-order valence-electron chi connectivity index (χ3n) is 1.66. The van der Waals surface area contributed by atoms with E-state index in [2.05, 4.69) is 0 Å². The second kappa shape index (κ2) is 6.53. The van der Waals surface area contributed by atoms with Gasteiger partial charge in [0.05, 0.1) is 5.97 Å². The van der Waals surface area contributed by atoms with Gasteiger partial charge in [-0.3, -0.25) is 0 Å². The number of aryl methyl sites for hydroxylation is 1. The minimum atomic E-state index is -1.21. The van der Waals surface area contributed by atoms with E-state index in [1.807, 2.05) is 25.1 Å². The number of hydrogen-bond donors (Lipinski definition) is 0. The van der Waals surface area contributed by atoms with Crippen LogP contribution < -0.4 is 28.7 Å². The minimum Gasteiger partial charge on any atom is -0.546 e. The van der Waals surface area contributed by atoms with Gasteiger partial charge in [-0.2, -0.15) is 0 Å². The fourth-order valence-electron chi connectivity index (χ4n) is 0.997. The number of carbonyl (C=O) groups excluding carboxylic acids is 1. The van der Waals surface area contributed by atoms with E-state index in [1.54, 1.807) is 6.07 Å². The monoisotopic (exact) mass is 186 g/mol. The maximum absolute atomic E-state index is 10.1. The summed E-state index contributed by atoms with van der Waals surface area (Å²) in [5.74, 6) is -0.634. The number of carboxylic acid groups (broad SMARTS) is 1. The average molecular weight is 186 g/mol. The Balaban J connectivity index is 0.00000169. The van der Waals surface area contributed by atoms with Gasteiger partial charge in [-0.15, -0.1) is 0 Å². The van der Waals surface area contributed by atoms with Gasteiger partial charge in [-0.25, -0.2) is 0 Å². The Bertz CT molecular complexity index is 299. The summed E-state index contributed by atoms with van der Waals surface area (Å²) in [6.45, 7) is 1.63. The van der Waals surface area contributed by atoms with Crippen LogP contribution in [0.2, 0.25) is 0 Å². The molecule has 1 aromatic rings. The zero-order valence-corrected chi connectivity index (χ0v) is 8.45. The van der Waals surface area contributed by atoms with Crippen molar-refractivity contribution in [2.45, 2.75) is 13.3 Å². The van der Waals surface area contributed by atoms with Crippen molar-refractivity contribution in [1.29, 1.82) is 0 Å². The number of benzene rings is 1. The van der Waals surface area contributed by atoms with Crippen molar-refractivity contribution in [2.75, 3.05) is 6.61 Å². The Morgan fingerprint density at radius 2 is 2.21 bits per heavy atom. The second-order valence-corrected chi connectivity index (χ2v) is 2.66. The zero-order chi connectivity index (χ0) is 9.68. The summed E-state index contributed by atoms with van der Waals surface area (Å²) in [6, 6.07) is 7.35. The number of rotatable bonds is 4. The van der Waals surface area contributed by atoms with Crippen LogP contribution in [0, 0.1) is 0 Å². The molecule has 4 heteroatoms. The van der Waals surface area contributed by atoms with E-state index in [0.717, 1.165) is 12.0 Å². The van der Waals surface area contributed by atoms with E-state index in [1.165, 1.54) is 0 Å². The smallest absolute Gasteiger partial charge is 0.546 e. The number of ether oxygens (including phenoxy) is 1. The Morgan fingerprint density at radius 3 is 2.79 bits per heavy atom. The van der Waals surface area contributed by atoms with E-state index >= 15 is 0 Å². The first kappa shape index (κ1) is 13.1. The summed E-state index contributed by atoms with van der Waals surface area (Å²) < 4.78 is 4.95. The molecule has 0 N–H and O–H groups in total. The predicted octanol–water partition coefficient (Wildman–Crippen LogP) is -2.62. The Hall–Kier alpha value is -0.913. The van der Waals surface area contributed by atoms with E-state index in [4.69, 9.17) is 4.74 Å². The van der Waals surface area contributed by atoms with Gasteiger partial charge in [0.25, 0.3) is 0 Å². The van der Waals surface area contributed by atoms with Crippen LogP contribution in [-0.4, -0.2) is 12.6 Å². The Kier molecular flexibility index (Phi) is 6.10. The molecule has 70 valence electrons. The third-order valence-corrected chi connectivity index (χ3v) is 1.66. The van der Waals surface area contributed by atoms with Crippen LogP contribution in [0.4, 0.5) is 0 Å². The summed E-state index contributed by atoms with van der Waals surface area (Å²) in [7, 11) is 0. The van der Waals surface area contributed by atoms with Crippen LogP contribution in [0.5, 0.6) is 5.75 Å². The molecular formula is C10H11LiO3. The van der Waals surface area contributed by atoms with Gasteiger partial charge in [0, 0.05) is 0 Å². The molecule has 1 rings (SSSR count). The van der Waals surface area contributed by atoms with E-state index in [9.17, 15) is 9.90 Å². The Labute approximate surface area is 95.3 Å². The van der Waals surface area contributed by atoms with E-state index in [-0.39, 0.29) is 18.9 Å². The van der Waals surface area contributed by atoms with Crippen molar-refractivity contribution in [1.82, 2.24) is 0 Å². The molecule has 0 aliphatic carbocycles. The molecule has 0 unspecified atom stereocenters. The molecule has 0 aliphatic rings. The molecule has 0 aliphatic heterocycles. The third kappa shape index (κ3) is 4.36. The molecule has 0 saturated carbocycles. The van der Waals surface area contributed by atoms with Gasteiger partial charge in [0.1, 0.15) is 12.4 Å². The SMILES string of the molecule is CCc1cccc(OCC(=O)[O-])c1.[Li+]. The molecule has 0 amide bonds. The molecule has 0 spiro atoms.